The maximum absolute atomic E-state index is 14.4. The Balaban J connectivity index is 1.33. The molecule has 5 aliphatic rings. The Kier molecular flexibility index (Phi) is 7.27. The SMILES string of the molecule is Cc1ccc(NC(=O)[C@@H]2[C@@H]3C=C[C@]4(O3)[C@@H]2C(=O)N([C@@H]2CCCC[C@H]2C)[C@H]4C(=O)N[C@@H]2CCC[C@H](C)[C@@H]2C)cc1Cl. The van der Waals surface area contributed by atoms with Gasteiger partial charge < -0.3 is 20.3 Å². The summed E-state index contributed by atoms with van der Waals surface area (Å²) in [4.78, 5) is 44.3. The molecule has 2 saturated carbocycles. The third-order valence-corrected chi connectivity index (χ3v) is 11.2. The van der Waals surface area contributed by atoms with Gasteiger partial charge in [0.1, 0.15) is 11.6 Å². The van der Waals surface area contributed by atoms with E-state index in [9.17, 15) is 14.4 Å². The molecule has 0 radical (unpaired) electrons. The highest BCUT2D eigenvalue weighted by molar-refractivity contribution is 6.31. The van der Waals surface area contributed by atoms with Gasteiger partial charge in [0.05, 0.1) is 17.9 Å². The number of halogens is 1. The number of hydrogen-bond acceptors (Lipinski definition) is 4. The van der Waals surface area contributed by atoms with Crippen molar-refractivity contribution in [3.63, 3.8) is 0 Å². The lowest BCUT2D eigenvalue weighted by Gasteiger charge is -2.42. The van der Waals surface area contributed by atoms with E-state index in [2.05, 4.69) is 31.4 Å². The summed E-state index contributed by atoms with van der Waals surface area (Å²) in [5.41, 5.74) is 0.363. The fourth-order valence-corrected chi connectivity index (χ4v) is 8.40. The van der Waals surface area contributed by atoms with E-state index in [0.717, 1.165) is 44.1 Å². The summed E-state index contributed by atoms with van der Waals surface area (Å²) in [6.07, 6.45) is 10.5. The molecule has 7 nitrogen and oxygen atoms in total. The summed E-state index contributed by atoms with van der Waals surface area (Å²) >= 11 is 6.31. The van der Waals surface area contributed by atoms with Gasteiger partial charge in [0.2, 0.25) is 17.7 Å². The van der Waals surface area contributed by atoms with E-state index in [0.29, 0.717) is 22.5 Å². The first-order chi connectivity index (χ1) is 19.1. The molecule has 3 amide bonds. The zero-order chi connectivity index (χ0) is 28.3. The summed E-state index contributed by atoms with van der Waals surface area (Å²) in [6.45, 7) is 8.56. The van der Waals surface area contributed by atoms with E-state index in [1.54, 1.807) is 6.07 Å². The number of fused-ring (bicyclic) bond motifs is 1. The van der Waals surface area contributed by atoms with Crippen LogP contribution in [0.5, 0.6) is 0 Å². The van der Waals surface area contributed by atoms with Crippen LogP contribution in [0.1, 0.15) is 71.3 Å². The van der Waals surface area contributed by atoms with Crippen LogP contribution in [0.4, 0.5) is 5.69 Å². The van der Waals surface area contributed by atoms with Crippen LogP contribution < -0.4 is 10.6 Å². The first kappa shape index (κ1) is 27.8. The molecule has 2 aliphatic carbocycles. The van der Waals surface area contributed by atoms with E-state index < -0.39 is 29.6 Å². The topological polar surface area (TPSA) is 87.7 Å². The summed E-state index contributed by atoms with van der Waals surface area (Å²) in [6, 6.07) is 4.64. The predicted octanol–water partition coefficient (Wildman–Crippen LogP) is 5.26. The molecule has 3 heterocycles. The molecule has 0 aromatic heterocycles. The second kappa shape index (κ2) is 10.5. The molecule has 2 bridgehead atoms. The number of nitrogens with one attached hydrogen (secondary N) is 2. The largest absolute Gasteiger partial charge is 0.359 e. The monoisotopic (exact) mass is 567 g/mol. The van der Waals surface area contributed by atoms with Crippen LogP contribution >= 0.6 is 11.6 Å². The molecule has 10 atom stereocenters. The molecule has 3 aliphatic heterocycles. The van der Waals surface area contributed by atoms with Gasteiger partial charge in [-0.05, 0) is 61.6 Å². The number of hydrogen-bond donors (Lipinski definition) is 2. The number of aryl methyl sites for hydroxylation is 1. The number of carbonyl (C=O) groups is 3. The fourth-order valence-electron chi connectivity index (χ4n) is 8.22. The average molecular weight is 568 g/mol. The Morgan fingerprint density at radius 2 is 1.77 bits per heavy atom. The third-order valence-electron chi connectivity index (χ3n) is 10.8. The molecule has 2 N–H and O–H groups in total. The molecule has 40 heavy (non-hydrogen) atoms. The van der Waals surface area contributed by atoms with Crippen molar-refractivity contribution in [1.29, 1.82) is 0 Å². The minimum atomic E-state index is -1.14. The highest BCUT2D eigenvalue weighted by Crippen LogP contribution is 2.56. The van der Waals surface area contributed by atoms with E-state index in [-0.39, 0.29) is 35.7 Å². The first-order valence-electron chi connectivity index (χ1n) is 15.2. The van der Waals surface area contributed by atoms with Crippen LogP contribution in [0.15, 0.2) is 30.4 Å². The molecule has 1 aromatic carbocycles. The molecule has 6 rings (SSSR count). The fraction of sp³-hybridized carbons (Fsp3) is 0.656. The predicted molar refractivity (Wildman–Crippen MR) is 155 cm³/mol. The molecule has 0 unspecified atom stereocenters. The van der Waals surface area contributed by atoms with E-state index >= 15 is 0 Å². The van der Waals surface area contributed by atoms with Crippen molar-refractivity contribution in [3.8, 4) is 0 Å². The number of likely N-dealkylation sites (tertiary alicyclic amines) is 1. The lowest BCUT2D eigenvalue weighted by Crippen LogP contribution is -2.60. The number of carbonyl (C=O) groups excluding carboxylic acids is 3. The van der Waals surface area contributed by atoms with Gasteiger partial charge in [-0.1, -0.05) is 76.3 Å². The average Bonchev–Trinajstić information content (AvgIpc) is 3.56. The van der Waals surface area contributed by atoms with Crippen molar-refractivity contribution >= 4 is 35.0 Å². The smallest absolute Gasteiger partial charge is 0.246 e. The van der Waals surface area contributed by atoms with Gasteiger partial charge in [-0.3, -0.25) is 14.4 Å². The molecule has 1 spiro atoms. The zero-order valence-corrected chi connectivity index (χ0v) is 24.7. The van der Waals surface area contributed by atoms with Gasteiger partial charge in [0, 0.05) is 22.8 Å². The van der Waals surface area contributed by atoms with Crippen molar-refractivity contribution in [2.45, 2.75) is 102 Å². The normalized spacial score (nSPS) is 40.3. The van der Waals surface area contributed by atoms with Gasteiger partial charge >= 0.3 is 0 Å². The van der Waals surface area contributed by atoms with Crippen LogP contribution in [-0.4, -0.2) is 52.5 Å². The van der Waals surface area contributed by atoms with Crippen molar-refractivity contribution in [2.75, 3.05) is 5.32 Å². The Labute approximate surface area is 242 Å². The van der Waals surface area contributed by atoms with Crippen LogP contribution in [0.3, 0.4) is 0 Å². The van der Waals surface area contributed by atoms with Crippen molar-refractivity contribution in [3.05, 3.63) is 40.9 Å². The van der Waals surface area contributed by atoms with Gasteiger partial charge in [-0.2, -0.15) is 0 Å². The van der Waals surface area contributed by atoms with Crippen molar-refractivity contribution < 1.29 is 19.1 Å². The van der Waals surface area contributed by atoms with Crippen LogP contribution in [0, 0.1) is 36.5 Å². The van der Waals surface area contributed by atoms with Gasteiger partial charge in [-0.25, -0.2) is 0 Å². The number of rotatable bonds is 5. The number of benzene rings is 1. The Hall–Kier alpha value is -2.38. The minimum Gasteiger partial charge on any atom is -0.359 e. The molecule has 4 fully saturated rings. The number of nitrogens with zero attached hydrogens (tertiary/aromatic N) is 1. The highest BCUT2D eigenvalue weighted by Gasteiger charge is 2.73. The van der Waals surface area contributed by atoms with Crippen molar-refractivity contribution in [1.82, 2.24) is 10.2 Å². The Morgan fingerprint density at radius 1 is 1.02 bits per heavy atom. The third kappa shape index (κ3) is 4.39. The van der Waals surface area contributed by atoms with Crippen LogP contribution in [0.25, 0.3) is 0 Å². The van der Waals surface area contributed by atoms with E-state index in [1.807, 2.05) is 36.1 Å². The molecule has 1 aromatic rings. The van der Waals surface area contributed by atoms with Gasteiger partial charge in [0.15, 0.2) is 0 Å². The van der Waals surface area contributed by atoms with E-state index in [1.165, 1.54) is 6.42 Å². The lowest BCUT2D eigenvalue weighted by molar-refractivity contribution is -0.146. The van der Waals surface area contributed by atoms with Crippen molar-refractivity contribution in [2.24, 2.45) is 29.6 Å². The second-order valence-corrected chi connectivity index (χ2v) is 13.5. The summed E-state index contributed by atoms with van der Waals surface area (Å²) in [7, 11) is 0. The molecular weight excluding hydrogens is 526 g/mol. The highest BCUT2D eigenvalue weighted by atomic mass is 35.5. The van der Waals surface area contributed by atoms with Gasteiger partial charge in [0.25, 0.3) is 0 Å². The van der Waals surface area contributed by atoms with Crippen LogP contribution in [0.2, 0.25) is 5.02 Å². The molecule has 216 valence electrons. The Bertz CT molecular complexity index is 1230. The molecule has 2 saturated heterocycles. The standard InChI is InChI=1S/C32H42ClN3O4/c1-17-9-7-10-23(20(17)4)35-30(38)28-32-15-14-25(40-32)26(29(37)34-21-13-12-18(2)22(33)16-21)27(32)31(39)36(28)24-11-6-5-8-19(24)3/h12-17,19-20,23-28H,5-11H2,1-4H3,(H,34,37)(H,35,38)/t17-,19+,20-,23+,24+,25-,26+,27-,28-,32-/m0/s1. The van der Waals surface area contributed by atoms with Gasteiger partial charge in [-0.15, -0.1) is 0 Å². The molecule has 8 heteroatoms. The zero-order valence-electron chi connectivity index (χ0n) is 24.0. The summed E-state index contributed by atoms with van der Waals surface area (Å²) in [5, 5.41) is 6.92. The number of amides is 3. The quantitative estimate of drug-likeness (QED) is 0.475. The number of anilines is 1. The minimum absolute atomic E-state index is 0.0460. The van der Waals surface area contributed by atoms with E-state index in [4.69, 9.17) is 16.3 Å². The first-order valence-corrected chi connectivity index (χ1v) is 15.6. The second-order valence-electron chi connectivity index (χ2n) is 13.1. The molecular formula is C32H42ClN3O4. The van der Waals surface area contributed by atoms with Crippen LogP contribution in [-0.2, 0) is 19.1 Å². The maximum Gasteiger partial charge on any atom is 0.246 e. The summed E-state index contributed by atoms with van der Waals surface area (Å²) in [5.74, 6) is -0.828. The lowest BCUT2D eigenvalue weighted by atomic mass is 9.73. The maximum atomic E-state index is 14.4. The Morgan fingerprint density at radius 3 is 2.52 bits per heavy atom. The summed E-state index contributed by atoms with van der Waals surface area (Å²) < 4.78 is 6.57. The number of ether oxygens (including phenoxy) is 1.